The number of hydrogen-bond acceptors (Lipinski definition) is 4. The van der Waals surface area contributed by atoms with Crippen LogP contribution in [0.4, 0.5) is 0 Å². The van der Waals surface area contributed by atoms with E-state index in [1.54, 1.807) is 11.3 Å². The number of para-hydroxylation sites is 1. The summed E-state index contributed by atoms with van der Waals surface area (Å²) in [5.41, 5.74) is 0.676. The third-order valence-electron chi connectivity index (χ3n) is 4.16. The lowest BCUT2D eigenvalue weighted by Crippen LogP contribution is -2.15. The van der Waals surface area contributed by atoms with E-state index in [9.17, 15) is 5.11 Å². The Morgan fingerprint density at radius 2 is 1.88 bits per heavy atom. The molecule has 0 saturated carbocycles. The van der Waals surface area contributed by atoms with Crippen LogP contribution < -0.4 is 0 Å². The van der Waals surface area contributed by atoms with E-state index in [-0.39, 0.29) is 5.41 Å². The van der Waals surface area contributed by atoms with Gasteiger partial charge in [-0.25, -0.2) is 4.98 Å². The summed E-state index contributed by atoms with van der Waals surface area (Å²) < 4.78 is 2.41. The molecule has 1 heterocycles. The molecular formula is C22H31NOS2. The Morgan fingerprint density at radius 3 is 2.62 bits per heavy atom. The summed E-state index contributed by atoms with van der Waals surface area (Å²) in [4.78, 5) is 4.65. The van der Waals surface area contributed by atoms with E-state index in [1.165, 1.54) is 17.5 Å². The number of aromatic nitrogens is 1. The van der Waals surface area contributed by atoms with E-state index in [1.807, 2.05) is 37.8 Å². The van der Waals surface area contributed by atoms with Crippen molar-refractivity contribution in [2.75, 3.05) is 5.75 Å². The van der Waals surface area contributed by atoms with E-state index in [0.717, 1.165) is 28.5 Å². The highest BCUT2D eigenvalue weighted by Gasteiger charge is 2.16. The van der Waals surface area contributed by atoms with Crippen molar-refractivity contribution < 1.29 is 5.11 Å². The van der Waals surface area contributed by atoms with Crippen LogP contribution in [0.2, 0.25) is 0 Å². The summed E-state index contributed by atoms with van der Waals surface area (Å²) >= 11 is 3.58. The molecule has 0 saturated heterocycles. The van der Waals surface area contributed by atoms with Crippen molar-refractivity contribution >= 4 is 33.3 Å². The van der Waals surface area contributed by atoms with Gasteiger partial charge in [0.15, 0.2) is 4.34 Å². The Hall–Kier alpha value is -1.10. The Kier molecular flexibility index (Phi) is 7.93. The van der Waals surface area contributed by atoms with Gasteiger partial charge in [0.25, 0.3) is 0 Å². The van der Waals surface area contributed by atoms with E-state index < -0.39 is 5.60 Å². The molecule has 4 heteroatoms. The number of unbranched alkanes of at least 4 members (excludes halogenated alkanes) is 1. The second-order valence-electron chi connectivity index (χ2n) is 8.05. The normalized spacial score (nSPS) is 13.4. The summed E-state index contributed by atoms with van der Waals surface area (Å²) in [6.45, 7) is 8.23. The first kappa shape index (κ1) is 21.2. The molecule has 0 atom stereocenters. The van der Waals surface area contributed by atoms with Crippen LogP contribution in [0.1, 0.15) is 53.4 Å². The van der Waals surface area contributed by atoms with Gasteiger partial charge >= 0.3 is 0 Å². The lowest BCUT2D eigenvalue weighted by molar-refractivity contribution is 0.132. The molecule has 1 aromatic heterocycles. The smallest absolute Gasteiger partial charge is 0.151 e. The number of thiazole rings is 1. The van der Waals surface area contributed by atoms with Crippen molar-refractivity contribution in [1.82, 2.24) is 4.98 Å². The van der Waals surface area contributed by atoms with Crippen LogP contribution in [-0.2, 0) is 0 Å². The van der Waals surface area contributed by atoms with Crippen LogP contribution in [0.3, 0.4) is 0 Å². The molecule has 2 rings (SSSR count). The van der Waals surface area contributed by atoms with Gasteiger partial charge in [-0.15, -0.1) is 11.3 Å². The highest BCUT2D eigenvalue weighted by Crippen LogP contribution is 2.30. The maximum absolute atomic E-state index is 9.73. The summed E-state index contributed by atoms with van der Waals surface area (Å²) in [6, 6.07) is 8.31. The van der Waals surface area contributed by atoms with Gasteiger partial charge in [-0.2, -0.15) is 0 Å². The molecule has 0 aliphatic rings. The summed E-state index contributed by atoms with van der Waals surface area (Å²) in [7, 11) is 0. The molecule has 2 nitrogen and oxygen atoms in total. The van der Waals surface area contributed by atoms with Gasteiger partial charge in [-0.05, 0) is 57.1 Å². The monoisotopic (exact) mass is 389 g/mol. The Bertz CT molecular complexity index is 705. The Balaban J connectivity index is 1.63. The number of benzene rings is 1. The van der Waals surface area contributed by atoms with Crippen LogP contribution >= 0.6 is 23.1 Å². The van der Waals surface area contributed by atoms with Gasteiger partial charge in [0.05, 0.1) is 15.8 Å². The van der Waals surface area contributed by atoms with Crippen molar-refractivity contribution in [1.29, 1.82) is 0 Å². The molecule has 0 fully saturated rings. The average Bonchev–Trinajstić information content (AvgIpc) is 2.95. The number of hydrogen-bond donors (Lipinski definition) is 1. The largest absolute Gasteiger partial charge is 0.386 e. The number of thioether (sulfide) groups is 1. The van der Waals surface area contributed by atoms with Crippen LogP contribution in [0, 0.1) is 5.41 Å². The number of allylic oxidation sites excluding steroid dienone is 2. The molecule has 0 unspecified atom stereocenters. The van der Waals surface area contributed by atoms with E-state index in [0.29, 0.717) is 0 Å². The van der Waals surface area contributed by atoms with E-state index in [2.05, 4.69) is 55.3 Å². The third kappa shape index (κ3) is 8.07. The molecular weight excluding hydrogens is 358 g/mol. The second-order valence-corrected chi connectivity index (χ2v) is 10.3. The molecule has 0 aliphatic heterocycles. The zero-order valence-corrected chi connectivity index (χ0v) is 18.0. The van der Waals surface area contributed by atoms with E-state index >= 15 is 0 Å². The van der Waals surface area contributed by atoms with Gasteiger partial charge in [0, 0.05) is 5.75 Å². The van der Waals surface area contributed by atoms with Crippen LogP contribution in [0.25, 0.3) is 10.2 Å². The van der Waals surface area contributed by atoms with E-state index in [4.69, 9.17) is 0 Å². The van der Waals surface area contributed by atoms with Crippen molar-refractivity contribution in [3.63, 3.8) is 0 Å². The quantitative estimate of drug-likeness (QED) is 0.274. The SMILES string of the molecule is CC(C)(O)/C=C\CC(C)(C)CCC/C=C/CSc1nc2ccccc2s1. The molecule has 0 radical (unpaired) electrons. The molecule has 1 aromatic carbocycles. The molecule has 2 aromatic rings. The maximum Gasteiger partial charge on any atom is 0.151 e. The van der Waals surface area contributed by atoms with Crippen molar-refractivity contribution in [2.45, 2.75) is 63.3 Å². The predicted octanol–water partition coefficient (Wildman–Crippen LogP) is 6.86. The van der Waals surface area contributed by atoms with Crippen molar-refractivity contribution in [2.24, 2.45) is 5.41 Å². The zero-order chi connectivity index (χ0) is 19.0. The first-order valence-corrected chi connectivity index (χ1v) is 11.1. The minimum atomic E-state index is -0.709. The van der Waals surface area contributed by atoms with Gasteiger partial charge in [0.2, 0.25) is 0 Å². The molecule has 0 aliphatic carbocycles. The third-order valence-corrected chi connectivity index (χ3v) is 6.30. The molecule has 142 valence electrons. The van der Waals surface area contributed by atoms with Crippen LogP contribution in [-0.4, -0.2) is 21.4 Å². The fourth-order valence-corrected chi connectivity index (χ4v) is 4.63. The van der Waals surface area contributed by atoms with Gasteiger partial charge in [0.1, 0.15) is 0 Å². The number of aliphatic hydroxyl groups is 1. The summed E-state index contributed by atoms with van der Waals surface area (Å²) in [6.07, 6.45) is 13.1. The molecule has 0 bridgehead atoms. The predicted molar refractivity (Wildman–Crippen MR) is 117 cm³/mol. The fraction of sp³-hybridized carbons (Fsp3) is 0.500. The highest BCUT2D eigenvalue weighted by molar-refractivity contribution is 8.01. The average molecular weight is 390 g/mol. The first-order valence-electron chi connectivity index (χ1n) is 9.29. The van der Waals surface area contributed by atoms with Gasteiger partial charge in [-0.1, -0.05) is 62.0 Å². The molecule has 0 amide bonds. The minimum absolute atomic E-state index is 0.283. The van der Waals surface area contributed by atoms with Gasteiger partial charge in [-0.3, -0.25) is 0 Å². The Labute approximate surface area is 166 Å². The number of fused-ring (bicyclic) bond motifs is 1. The van der Waals surface area contributed by atoms with Crippen molar-refractivity contribution in [3.8, 4) is 0 Å². The maximum atomic E-state index is 9.73. The fourth-order valence-electron chi connectivity index (χ4n) is 2.68. The second kappa shape index (κ2) is 9.72. The van der Waals surface area contributed by atoms with Crippen molar-refractivity contribution in [3.05, 3.63) is 48.6 Å². The van der Waals surface area contributed by atoms with Gasteiger partial charge < -0.3 is 5.11 Å². The lowest BCUT2D eigenvalue weighted by Gasteiger charge is -2.23. The molecule has 26 heavy (non-hydrogen) atoms. The van der Waals surface area contributed by atoms with Crippen LogP contribution in [0.15, 0.2) is 52.9 Å². The topological polar surface area (TPSA) is 33.1 Å². The zero-order valence-electron chi connectivity index (χ0n) is 16.4. The minimum Gasteiger partial charge on any atom is -0.386 e. The van der Waals surface area contributed by atoms with Crippen LogP contribution in [0.5, 0.6) is 0 Å². The summed E-state index contributed by atoms with van der Waals surface area (Å²) in [5.74, 6) is 0.984. The Morgan fingerprint density at radius 1 is 1.12 bits per heavy atom. The molecule has 1 N–H and O–H groups in total. The number of nitrogens with zero attached hydrogens (tertiary/aromatic N) is 1. The highest BCUT2D eigenvalue weighted by atomic mass is 32.2. The first-order chi connectivity index (χ1) is 12.3. The number of rotatable bonds is 10. The lowest BCUT2D eigenvalue weighted by atomic mass is 9.83. The molecule has 0 spiro atoms. The standard InChI is InChI=1S/C22H31NOS2/c1-21(2,15-11-16-22(3,4)24)14-9-5-6-10-17-25-20-23-18-12-7-8-13-19(18)26-20/h6-8,10-13,16,24H,5,9,14-15,17H2,1-4H3/b10-6+,16-11-. The summed E-state index contributed by atoms with van der Waals surface area (Å²) in [5, 5.41) is 9.73.